The number of benzene rings is 1. The van der Waals surface area contributed by atoms with Crippen molar-refractivity contribution in [1.82, 2.24) is 10.6 Å². The minimum atomic E-state index is -0.697. The first-order valence-electron chi connectivity index (χ1n) is 7.37. The van der Waals surface area contributed by atoms with Crippen LogP contribution in [0.5, 0.6) is 0 Å². The Kier molecular flexibility index (Phi) is 5.20. The van der Waals surface area contributed by atoms with Crippen molar-refractivity contribution in [3.05, 3.63) is 35.4 Å². The van der Waals surface area contributed by atoms with Gasteiger partial charge in [-0.1, -0.05) is 24.3 Å². The summed E-state index contributed by atoms with van der Waals surface area (Å²) in [6.07, 6.45) is 2.41. The molecule has 2 rings (SSSR count). The Morgan fingerprint density at radius 2 is 2.10 bits per heavy atom. The minimum Gasteiger partial charge on any atom is -0.387 e. The summed E-state index contributed by atoms with van der Waals surface area (Å²) in [5, 5.41) is 15.6. The van der Waals surface area contributed by atoms with E-state index in [-0.39, 0.29) is 18.2 Å². The van der Waals surface area contributed by atoms with Crippen LogP contribution in [0.25, 0.3) is 0 Å². The van der Waals surface area contributed by atoms with Crippen LogP contribution in [0.1, 0.15) is 36.5 Å². The molecule has 0 saturated heterocycles. The monoisotopic (exact) mass is 292 g/mol. The summed E-state index contributed by atoms with van der Waals surface area (Å²) < 4.78 is 5.44. The van der Waals surface area contributed by atoms with Gasteiger partial charge < -0.3 is 20.5 Å². The highest BCUT2D eigenvalue weighted by atomic mass is 16.5. The Labute approximate surface area is 125 Å². The highest BCUT2D eigenvalue weighted by Gasteiger charge is 2.37. The Morgan fingerprint density at radius 1 is 1.38 bits per heavy atom. The molecular weight excluding hydrogens is 268 g/mol. The molecule has 1 aliphatic carbocycles. The van der Waals surface area contributed by atoms with E-state index in [1.165, 1.54) is 0 Å². The highest BCUT2D eigenvalue weighted by molar-refractivity contribution is 5.74. The molecule has 0 aromatic heterocycles. The quantitative estimate of drug-likeness (QED) is 0.750. The molecule has 0 heterocycles. The van der Waals surface area contributed by atoms with E-state index < -0.39 is 6.10 Å². The standard InChI is InChI=1S/C16H24N2O3/c1-12-6-3-4-7-13(12)14(19)10-17-15(20)18-11-16(21-2)8-5-9-16/h3-4,6-7,14,19H,5,8-11H2,1-2H3,(H2,17,18,20). The molecule has 0 radical (unpaired) electrons. The Hall–Kier alpha value is -1.59. The van der Waals surface area contributed by atoms with Gasteiger partial charge in [0.1, 0.15) is 0 Å². The molecule has 0 aliphatic heterocycles. The van der Waals surface area contributed by atoms with Crippen molar-refractivity contribution < 1.29 is 14.6 Å². The molecule has 1 aromatic rings. The van der Waals surface area contributed by atoms with Crippen LogP contribution in [0.4, 0.5) is 4.79 Å². The fourth-order valence-electron chi connectivity index (χ4n) is 2.59. The molecule has 1 saturated carbocycles. The average Bonchev–Trinajstić information content (AvgIpc) is 2.44. The van der Waals surface area contributed by atoms with Gasteiger partial charge in [-0.3, -0.25) is 0 Å². The van der Waals surface area contributed by atoms with Gasteiger partial charge in [-0.2, -0.15) is 0 Å². The largest absolute Gasteiger partial charge is 0.387 e. The lowest BCUT2D eigenvalue weighted by molar-refractivity contribution is -0.0674. The number of aliphatic hydroxyl groups is 1. The van der Waals surface area contributed by atoms with Gasteiger partial charge in [0.05, 0.1) is 11.7 Å². The number of aliphatic hydroxyl groups excluding tert-OH is 1. The number of carbonyl (C=O) groups excluding carboxylic acids is 1. The molecule has 1 unspecified atom stereocenters. The van der Waals surface area contributed by atoms with E-state index in [9.17, 15) is 9.90 Å². The van der Waals surface area contributed by atoms with E-state index >= 15 is 0 Å². The maximum absolute atomic E-state index is 11.8. The number of hydrogen-bond acceptors (Lipinski definition) is 3. The van der Waals surface area contributed by atoms with Crippen molar-refractivity contribution in [2.45, 2.75) is 37.9 Å². The number of ether oxygens (including phenoxy) is 1. The smallest absolute Gasteiger partial charge is 0.314 e. The number of rotatable bonds is 6. The third-order valence-corrected chi connectivity index (χ3v) is 4.27. The SMILES string of the molecule is COC1(CNC(=O)NCC(O)c2ccccc2C)CCC1. The van der Waals surface area contributed by atoms with Crippen LogP contribution in [0, 0.1) is 6.92 Å². The van der Waals surface area contributed by atoms with Crippen molar-refractivity contribution in [2.75, 3.05) is 20.2 Å². The van der Waals surface area contributed by atoms with Gasteiger partial charge in [-0.15, -0.1) is 0 Å². The summed E-state index contributed by atoms with van der Waals surface area (Å²) in [5.74, 6) is 0. The summed E-state index contributed by atoms with van der Waals surface area (Å²) >= 11 is 0. The fourth-order valence-corrected chi connectivity index (χ4v) is 2.59. The lowest BCUT2D eigenvalue weighted by Gasteiger charge is -2.40. The maximum Gasteiger partial charge on any atom is 0.314 e. The lowest BCUT2D eigenvalue weighted by Crippen LogP contribution is -2.51. The van der Waals surface area contributed by atoms with Gasteiger partial charge in [0, 0.05) is 20.2 Å². The number of aryl methyl sites for hydroxylation is 1. The fraction of sp³-hybridized carbons (Fsp3) is 0.562. The van der Waals surface area contributed by atoms with Crippen LogP contribution < -0.4 is 10.6 Å². The summed E-state index contributed by atoms with van der Waals surface area (Å²) in [5.41, 5.74) is 1.66. The van der Waals surface area contributed by atoms with Crippen LogP contribution in [-0.4, -0.2) is 36.9 Å². The van der Waals surface area contributed by atoms with Gasteiger partial charge in [0.2, 0.25) is 0 Å². The van der Waals surface area contributed by atoms with Crippen LogP contribution in [0.2, 0.25) is 0 Å². The molecule has 1 atom stereocenters. The molecule has 1 aliphatic rings. The zero-order valence-corrected chi connectivity index (χ0v) is 12.7. The molecule has 3 N–H and O–H groups in total. The van der Waals surface area contributed by atoms with Gasteiger partial charge in [-0.05, 0) is 37.3 Å². The number of nitrogens with one attached hydrogen (secondary N) is 2. The zero-order chi connectivity index (χ0) is 15.3. The van der Waals surface area contributed by atoms with Crippen LogP contribution in [-0.2, 0) is 4.74 Å². The average molecular weight is 292 g/mol. The normalized spacial score (nSPS) is 17.7. The zero-order valence-electron chi connectivity index (χ0n) is 12.7. The van der Waals surface area contributed by atoms with E-state index in [4.69, 9.17) is 4.74 Å². The number of methoxy groups -OCH3 is 1. The van der Waals surface area contributed by atoms with Crippen molar-refractivity contribution in [2.24, 2.45) is 0 Å². The summed E-state index contributed by atoms with van der Waals surface area (Å²) in [6, 6.07) is 7.34. The molecule has 5 nitrogen and oxygen atoms in total. The van der Waals surface area contributed by atoms with Gasteiger partial charge in [0.25, 0.3) is 0 Å². The summed E-state index contributed by atoms with van der Waals surface area (Å²) in [4.78, 5) is 11.8. The molecule has 1 aromatic carbocycles. The van der Waals surface area contributed by atoms with E-state index in [2.05, 4.69) is 10.6 Å². The molecule has 1 fully saturated rings. The van der Waals surface area contributed by atoms with E-state index in [0.29, 0.717) is 6.54 Å². The molecule has 21 heavy (non-hydrogen) atoms. The van der Waals surface area contributed by atoms with Crippen LogP contribution >= 0.6 is 0 Å². The Bertz CT molecular complexity index is 481. The second-order valence-electron chi connectivity index (χ2n) is 5.68. The first-order chi connectivity index (χ1) is 10.1. The lowest BCUT2D eigenvalue weighted by atomic mass is 9.80. The third kappa shape index (κ3) is 3.95. The third-order valence-electron chi connectivity index (χ3n) is 4.27. The van der Waals surface area contributed by atoms with Gasteiger partial charge in [0.15, 0.2) is 0 Å². The molecule has 2 amide bonds. The first-order valence-corrected chi connectivity index (χ1v) is 7.37. The summed E-state index contributed by atoms with van der Waals surface area (Å²) in [6.45, 7) is 2.64. The molecule has 5 heteroatoms. The van der Waals surface area contributed by atoms with Crippen LogP contribution in [0.15, 0.2) is 24.3 Å². The van der Waals surface area contributed by atoms with Crippen molar-refractivity contribution >= 4 is 6.03 Å². The predicted molar refractivity (Wildman–Crippen MR) is 81.1 cm³/mol. The second-order valence-corrected chi connectivity index (χ2v) is 5.68. The highest BCUT2D eigenvalue weighted by Crippen LogP contribution is 2.34. The molecule has 116 valence electrons. The number of amides is 2. The molecule has 0 spiro atoms. The second kappa shape index (κ2) is 6.91. The molecular formula is C16H24N2O3. The van der Waals surface area contributed by atoms with Gasteiger partial charge in [-0.25, -0.2) is 4.79 Å². The first kappa shape index (κ1) is 15.8. The number of urea groups is 1. The maximum atomic E-state index is 11.8. The van der Waals surface area contributed by atoms with Gasteiger partial charge >= 0.3 is 6.03 Å². The van der Waals surface area contributed by atoms with E-state index in [0.717, 1.165) is 30.4 Å². The van der Waals surface area contributed by atoms with Crippen molar-refractivity contribution in [3.63, 3.8) is 0 Å². The minimum absolute atomic E-state index is 0.189. The van der Waals surface area contributed by atoms with E-state index in [1.807, 2.05) is 31.2 Å². The molecule has 0 bridgehead atoms. The van der Waals surface area contributed by atoms with Crippen LogP contribution in [0.3, 0.4) is 0 Å². The predicted octanol–water partition coefficient (Wildman–Crippen LogP) is 1.90. The topological polar surface area (TPSA) is 70.6 Å². The van der Waals surface area contributed by atoms with Crippen molar-refractivity contribution in [1.29, 1.82) is 0 Å². The Morgan fingerprint density at radius 3 is 2.67 bits per heavy atom. The summed E-state index contributed by atoms with van der Waals surface area (Å²) in [7, 11) is 1.68. The Balaban J connectivity index is 1.75. The number of carbonyl (C=O) groups is 1. The van der Waals surface area contributed by atoms with E-state index in [1.54, 1.807) is 7.11 Å². The number of hydrogen-bond donors (Lipinski definition) is 3. The van der Waals surface area contributed by atoms with Crippen molar-refractivity contribution in [3.8, 4) is 0 Å².